The second kappa shape index (κ2) is 4.43. The predicted molar refractivity (Wildman–Crippen MR) is 73.3 cm³/mol. The summed E-state index contributed by atoms with van der Waals surface area (Å²) in [4.78, 5) is 6.75. The van der Waals surface area contributed by atoms with Gasteiger partial charge in [0, 0.05) is 13.1 Å². The molecule has 3 heterocycles. The van der Waals surface area contributed by atoms with E-state index < -0.39 is 0 Å². The molecule has 0 unspecified atom stereocenters. The predicted octanol–water partition coefficient (Wildman–Crippen LogP) is 2.93. The summed E-state index contributed by atoms with van der Waals surface area (Å²) in [7, 11) is 0. The molecule has 0 bridgehead atoms. The smallest absolute Gasteiger partial charge is 0.156 e. The van der Waals surface area contributed by atoms with Gasteiger partial charge in [-0.2, -0.15) is 5.10 Å². The van der Waals surface area contributed by atoms with Crippen molar-refractivity contribution in [2.45, 2.75) is 26.7 Å². The largest absolute Gasteiger partial charge is 0.354 e. The summed E-state index contributed by atoms with van der Waals surface area (Å²) >= 11 is 6.15. The Kier molecular flexibility index (Phi) is 2.90. The van der Waals surface area contributed by atoms with Crippen LogP contribution in [0, 0.1) is 12.8 Å². The van der Waals surface area contributed by atoms with Gasteiger partial charge >= 0.3 is 0 Å². The first-order valence-corrected chi connectivity index (χ1v) is 6.82. The van der Waals surface area contributed by atoms with Crippen LogP contribution in [0.15, 0.2) is 12.4 Å². The molecule has 0 N–H and O–H groups in total. The molecular weight excluding hydrogens is 248 g/mol. The van der Waals surface area contributed by atoms with E-state index in [1.165, 1.54) is 12.8 Å². The topological polar surface area (TPSA) is 33.4 Å². The van der Waals surface area contributed by atoms with Crippen molar-refractivity contribution in [3.63, 3.8) is 0 Å². The average Bonchev–Trinajstić information content (AvgIpc) is 2.60. The molecular formula is C13H17ClN4. The van der Waals surface area contributed by atoms with Crippen LogP contribution in [0.25, 0.3) is 5.52 Å². The molecule has 0 radical (unpaired) electrons. The van der Waals surface area contributed by atoms with Gasteiger partial charge in [-0.3, -0.25) is 0 Å². The zero-order valence-electron chi connectivity index (χ0n) is 10.7. The van der Waals surface area contributed by atoms with Crippen molar-refractivity contribution in [1.82, 2.24) is 14.6 Å². The first-order chi connectivity index (χ1) is 8.70. The third-order valence-electron chi connectivity index (χ3n) is 3.64. The number of hydrogen-bond acceptors (Lipinski definition) is 3. The van der Waals surface area contributed by atoms with E-state index in [1.807, 2.05) is 6.07 Å². The highest BCUT2D eigenvalue weighted by Gasteiger charge is 2.29. The Morgan fingerprint density at radius 2 is 2.22 bits per heavy atom. The molecule has 1 aliphatic heterocycles. The van der Waals surface area contributed by atoms with E-state index in [1.54, 1.807) is 10.8 Å². The molecule has 3 rings (SSSR count). The average molecular weight is 265 g/mol. The lowest BCUT2D eigenvalue weighted by Gasteiger charge is -2.40. The highest BCUT2D eigenvalue weighted by Crippen LogP contribution is 2.31. The summed E-state index contributed by atoms with van der Waals surface area (Å²) in [6.07, 6.45) is 4.15. The molecule has 96 valence electrons. The van der Waals surface area contributed by atoms with E-state index in [0.29, 0.717) is 5.15 Å². The second-order valence-corrected chi connectivity index (χ2v) is 5.44. The fourth-order valence-electron chi connectivity index (χ4n) is 2.72. The number of anilines is 1. The maximum atomic E-state index is 6.15. The molecule has 18 heavy (non-hydrogen) atoms. The fourth-order valence-corrected chi connectivity index (χ4v) is 3.02. The van der Waals surface area contributed by atoms with Gasteiger partial charge < -0.3 is 4.90 Å². The first-order valence-electron chi connectivity index (χ1n) is 6.44. The summed E-state index contributed by atoms with van der Waals surface area (Å²) in [5, 5.41) is 4.86. The maximum Gasteiger partial charge on any atom is 0.156 e. The van der Waals surface area contributed by atoms with Gasteiger partial charge in [-0.05, 0) is 30.9 Å². The van der Waals surface area contributed by atoms with Crippen LogP contribution < -0.4 is 4.90 Å². The van der Waals surface area contributed by atoms with Crippen molar-refractivity contribution < 1.29 is 0 Å². The van der Waals surface area contributed by atoms with E-state index in [-0.39, 0.29) is 0 Å². The lowest BCUT2D eigenvalue weighted by Crippen LogP contribution is -2.47. The van der Waals surface area contributed by atoms with E-state index in [0.717, 1.165) is 35.9 Å². The van der Waals surface area contributed by atoms with Gasteiger partial charge in [-0.15, -0.1) is 0 Å². The van der Waals surface area contributed by atoms with E-state index in [4.69, 9.17) is 11.6 Å². The SMILES string of the molecule is CCCC1CN(c2ncnn3c(Cl)cc(C)c23)C1. The molecule has 0 aliphatic carbocycles. The molecule has 1 saturated heterocycles. The minimum Gasteiger partial charge on any atom is -0.354 e. The van der Waals surface area contributed by atoms with Crippen molar-refractivity contribution in [2.75, 3.05) is 18.0 Å². The Hall–Kier alpha value is -1.29. The van der Waals surface area contributed by atoms with Crippen molar-refractivity contribution in [3.05, 3.63) is 23.1 Å². The van der Waals surface area contributed by atoms with E-state index in [9.17, 15) is 0 Å². The highest BCUT2D eigenvalue weighted by molar-refractivity contribution is 6.30. The van der Waals surface area contributed by atoms with Gasteiger partial charge in [0.25, 0.3) is 0 Å². The number of fused-ring (bicyclic) bond motifs is 1. The Morgan fingerprint density at radius 3 is 2.94 bits per heavy atom. The van der Waals surface area contributed by atoms with Gasteiger partial charge in [-0.25, -0.2) is 9.50 Å². The van der Waals surface area contributed by atoms with Gasteiger partial charge in [0.2, 0.25) is 0 Å². The summed E-state index contributed by atoms with van der Waals surface area (Å²) < 4.78 is 1.77. The van der Waals surface area contributed by atoms with Crippen molar-refractivity contribution >= 4 is 22.9 Å². The number of hydrogen-bond donors (Lipinski definition) is 0. The monoisotopic (exact) mass is 264 g/mol. The lowest BCUT2D eigenvalue weighted by atomic mass is 9.95. The third kappa shape index (κ3) is 1.75. The molecule has 5 heteroatoms. The standard InChI is InChI=1S/C13H17ClN4/c1-3-4-10-6-17(7-10)13-12-9(2)5-11(14)18(12)16-8-15-13/h5,8,10H,3-4,6-7H2,1-2H3. The highest BCUT2D eigenvalue weighted by atomic mass is 35.5. The molecule has 1 aliphatic rings. The van der Waals surface area contributed by atoms with Gasteiger partial charge in [0.1, 0.15) is 17.0 Å². The van der Waals surface area contributed by atoms with Crippen molar-refractivity contribution in [3.8, 4) is 0 Å². The number of rotatable bonds is 3. The Labute approximate surface area is 112 Å². The van der Waals surface area contributed by atoms with Gasteiger partial charge in [0.15, 0.2) is 5.82 Å². The molecule has 2 aromatic heterocycles. The molecule has 4 nitrogen and oxygen atoms in total. The van der Waals surface area contributed by atoms with Crippen molar-refractivity contribution in [1.29, 1.82) is 0 Å². The third-order valence-corrected chi connectivity index (χ3v) is 3.91. The van der Waals surface area contributed by atoms with Crippen LogP contribution in [0.2, 0.25) is 5.15 Å². The minimum absolute atomic E-state index is 0.650. The van der Waals surface area contributed by atoms with E-state index >= 15 is 0 Å². The Morgan fingerprint density at radius 1 is 1.44 bits per heavy atom. The van der Waals surface area contributed by atoms with Crippen LogP contribution in [0.3, 0.4) is 0 Å². The zero-order valence-corrected chi connectivity index (χ0v) is 11.5. The second-order valence-electron chi connectivity index (χ2n) is 5.05. The van der Waals surface area contributed by atoms with Crippen LogP contribution in [0.1, 0.15) is 25.3 Å². The van der Waals surface area contributed by atoms with Gasteiger partial charge in [0.05, 0.1) is 0 Å². The van der Waals surface area contributed by atoms with Crippen LogP contribution in [-0.2, 0) is 0 Å². The molecule has 0 amide bonds. The lowest BCUT2D eigenvalue weighted by molar-refractivity contribution is 0.378. The molecule has 0 atom stereocenters. The Bertz CT molecular complexity index is 572. The van der Waals surface area contributed by atoms with Crippen LogP contribution in [-0.4, -0.2) is 27.7 Å². The first kappa shape index (κ1) is 11.8. The quantitative estimate of drug-likeness (QED) is 0.855. The van der Waals surface area contributed by atoms with Gasteiger partial charge in [-0.1, -0.05) is 24.9 Å². The Balaban J connectivity index is 1.94. The number of aryl methyl sites for hydroxylation is 1. The zero-order chi connectivity index (χ0) is 12.7. The molecule has 0 saturated carbocycles. The molecule has 2 aromatic rings. The number of halogens is 1. The maximum absolute atomic E-state index is 6.15. The summed E-state index contributed by atoms with van der Waals surface area (Å²) in [6, 6.07) is 1.94. The fraction of sp³-hybridized carbons (Fsp3) is 0.538. The normalized spacial score (nSPS) is 16.3. The molecule has 0 aromatic carbocycles. The van der Waals surface area contributed by atoms with Crippen LogP contribution in [0.4, 0.5) is 5.82 Å². The van der Waals surface area contributed by atoms with Crippen LogP contribution in [0.5, 0.6) is 0 Å². The molecule has 0 spiro atoms. The molecule has 1 fully saturated rings. The summed E-state index contributed by atoms with van der Waals surface area (Å²) in [6.45, 7) is 6.49. The minimum atomic E-state index is 0.650. The summed E-state index contributed by atoms with van der Waals surface area (Å²) in [5.41, 5.74) is 2.17. The van der Waals surface area contributed by atoms with Crippen LogP contribution >= 0.6 is 11.6 Å². The summed E-state index contributed by atoms with van der Waals surface area (Å²) in [5.74, 6) is 1.83. The van der Waals surface area contributed by atoms with Crippen molar-refractivity contribution in [2.24, 2.45) is 5.92 Å². The van der Waals surface area contributed by atoms with E-state index in [2.05, 4.69) is 28.8 Å². The number of nitrogens with zero attached hydrogens (tertiary/aromatic N) is 4. The number of aromatic nitrogens is 3.